The maximum atomic E-state index is 12.5. The largest absolute Gasteiger partial charge is 0.414 e. The first kappa shape index (κ1) is 18.1. The highest BCUT2D eigenvalue weighted by Crippen LogP contribution is 2.31. The van der Waals surface area contributed by atoms with Gasteiger partial charge in [0.15, 0.2) is 6.10 Å². The molecular weight excluding hydrogens is 329 g/mol. The zero-order chi connectivity index (χ0) is 17.0. The highest BCUT2D eigenvalue weighted by atomic mass is 32.2. The van der Waals surface area contributed by atoms with Gasteiger partial charge in [0.25, 0.3) is 5.91 Å². The zero-order valence-electron chi connectivity index (χ0n) is 12.7. The van der Waals surface area contributed by atoms with E-state index in [2.05, 4.69) is 4.98 Å². The number of thioether (sulfide) groups is 1. The van der Waals surface area contributed by atoms with Crippen LogP contribution >= 0.6 is 11.8 Å². The Hall–Kier alpha value is -1.28. The van der Waals surface area contributed by atoms with Crippen LogP contribution in [0.1, 0.15) is 30.1 Å². The van der Waals surface area contributed by atoms with E-state index in [-0.39, 0.29) is 31.8 Å². The fourth-order valence-corrected chi connectivity index (χ4v) is 3.20. The van der Waals surface area contributed by atoms with Gasteiger partial charge in [0.2, 0.25) is 0 Å². The highest BCUT2D eigenvalue weighted by Gasteiger charge is 2.44. The third-order valence-electron chi connectivity index (χ3n) is 3.88. The van der Waals surface area contributed by atoms with Crippen LogP contribution < -0.4 is 0 Å². The topological polar surface area (TPSA) is 53.4 Å². The lowest BCUT2D eigenvalue weighted by Crippen LogP contribution is -2.45. The van der Waals surface area contributed by atoms with Gasteiger partial charge in [-0.25, -0.2) is 4.98 Å². The van der Waals surface area contributed by atoms with E-state index in [9.17, 15) is 23.1 Å². The minimum Gasteiger partial charge on any atom is -0.383 e. The standard InChI is InChI=1S/C15H19F3N2O2S/c1-2-23-12-4-3-11(9-19-12)14(22)20-7-5-10(6-8-20)13(21)15(16,17)18/h3-4,9-10,13,21H,2,5-8H2,1H3. The van der Waals surface area contributed by atoms with Crippen LogP contribution in [0, 0.1) is 5.92 Å². The Labute approximate surface area is 137 Å². The minimum absolute atomic E-state index is 0.142. The van der Waals surface area contributed by atoms with Crippen molar-refractivity contribution in [2.24, 2.45) is 5.92 Å². The molecule has 1 aliphatic heterocycles. The van der Waals surface area contributed by atoms with Crippen molar-refractivity contribution in [2.45, 2.75) is 37.1 Å². The van der Waals surface area contributed by atoms with Crippen LogP contribution in [-0.4, -0.2) is 52.0 Å². The van der Waals surface area contributed by atoms with E-state index in [4.69, 9.17) is 0 Å². The van der Waals surface area contributed by atoms with Crippen molar-refractivity contribution in [3.05, 3.63) is 23.9 Å². The van der Waals surface area contributed by atoms with Gasteiger partial charge in [0.05, 0.1) is 10.6 Å². The summed E-state index contributed by atoms with van der Waals surface area (Å²) in [6.45, 7) is 2.43. The van der Waals surface area contributed by atoms with Crippen LogP contribution in [-0.2, 0) is 0 Å². The Morgan fingerprint density at radius 2 is 2.09 bits per heavy atom. The van der Waals surface area contributed by atoms with Crippen molar-refractivity contribution in [2.75, 3.05) is 18.8 Å². The maximum Gasteiger partial charge on any atom is 0.414 e. The number of hydrogen-bond acceptors (Lipinski definition) is 4. The lowest BCUT2D eigenvalue weighted by molar-refractivity contribution is -0.222. The molecule has 8 heteroatoms. The molecule has 2 heterocycles. The number of carbonyl (C=O) groups excluding carboxylic acids is 1. The van der Waals surface area contributed by atoms with Crippen molar-refractivity contribution in [1.29, 1.82) is 0 Å². The second-order valence-corrected chi connectivity index (χ2v) is 6.72. The van der Waals surface area contributed by atoms with Gasteiger partial charge in [-0.05, 0) is 36.6 Å². The second-order valence-electron chi connectivity index (χ2n) is 5.43. The predicted molar refractivity (Wildman–Crippen MR) is 81.3 cm³/mol. The maximum absolute atomic E-state index is 12.5. The summed E-state index contributed by atoms with van der Waals surface area (Å²) in [5.41, 5.74) is 0.431. The molecule has 4 nitrogen and oxygen atoms in total. The predicted octanol–water partition coefficient (Wildman–Crippen LogP) is 2.97. The average molecular weight is 348 g/mol. The Bertz CT molecular complexity index is 529. The van der Waals surface area contributed by atoms with Crippen molar-refractivity contribution < 1.29 is 23.1 Å². The first-order chi connectivity index (χ1) is 10.8. The summed E-state index contributed by atoms with van der Waals surface area (Å²) in [4.78, 5) is 18.0. The number of halogens is 3. The second kappa shape index (κ2) is 7.53. The van der Waals surface area contributed by atoms with Crippen molar-refractivity contribution in [1.82, 2.24) is 9.88 Å². The third-order valence-corrected chi connectivity index (χ3v) is 4.71. The van der Waals surface area contributed by atoms with Gasteiger partial charge in [-0.15, -0.1) is 11.8 Å². The molecule has 0 spiro atoms. The number of piperidine rings is 1. The fraction of sp³-hybridized carbons (Fsp3) is 0.600. The molecule has 0 saturated carbocycles. The number of nitrogens with zero attached hydrogens (tertiary/aromatic N) is 2. The Kier molecular flexibility index (Phi) is 5.91. The molecule has 1 aromatic heterocycles. The Morgan fingerprint density at radius 1 is 1.43 bits per heavy atom. The molecule has 0 aliphatic carbocycles. The first-order valence-corrected chi connectivity index (χ1v) is 8.44. The number of aromatic nitrogens is 1. The molecule has 128 valence electrons. The molecule has 1 saturated heterocycles. The molecule has 1 amide bonds. The molecule has 1 aliphatic rings. The summed E-state index contributed by atoms with van der Waals surface area (Å²) in [6.07, 6.45) is -5.13. The van der Waals surface area contributed by atoms with Crippen LogP contribution in [0.25, 0.3) is 0 Å². The molecule has 1 fully saturated rings. The van der Waals surface area contributed by atoms with E-state index < -0.39 is 18.2 Å². The number of aliphatic hydroxyl groups is 1. The number of pyridine rings is 1. The first-order valence-electron chi connectivity index (χ1n) is 7.45. The van der Waals surface area contributed by atoms with Crippen LogP contribution in [0.2, 0.25) is 0 Å². The van der Waals surface area contributed by atoms with E-state index >= 15 is 0 Å². The Morgan fingerprint density at radius 3 is 2.57 bits per heavy atom. The quantitative estimate of drug-likeness (QED) is 0.850. The number of hydrogen-bond donors (Lipinski definition) is 1. The Balaban J connectivity index is 1.93. The SMILES string of the molecule is CCSc1ccc(C(=O)N2CCC(C(O)C(F)(F)F)CC2)cn1. The molecule has 1 aromatic rings. The van der Waals surface area contributed by atoms with Crippen molar-refractivity contribution in [3.8, 4) is 0 Å². The minimum atomic E-state index is -4.60. The number of rotatable bonds is 4. The van der Waals surface area contributed by atoms with E-state index in [1.807, 2.05) is 6.92 Å². The van der Waals surface area contributed by atoms with Crippen molar-refractivity contribution in [3.63, 3.8) is 0 Å². The van der Waals surface area contributed by atoms with Gasteiger partial charge in [-0.2, -0.15) is 13.2 Å². The van der Waals surface area contributed by atoms with Crippen LogP contribution in [0.5, 0.6) is 0 Å². The van der Waals surface area contributed by atoms with Gasteiger partial charge in [-0.3, -0.25) is 4.79 Å². The zero-order valence-corrected chi connectivity index (χ0v) is 13.5. The molecule has 1 atom stereocenters. The molecular formula is C15H19F3N2O2S. The van der Waals surface area contributed by atoms with Gasteiger partial charge in [0, 0.05) is 19.3 Å². The summed E-state index contributed by atoms with van der Waals surface area (Å²) in [7, 11) is 0. The van der Waals surface area contributed by atoms with E-state index in [0.29, 0.717) is 5.56 Å². The molecule has 0 bridgehead atoms. The molecule has 1 N–H and O–H groups in total. The number of likely N-dealkylation sites (tertiary alicyclic amines) is 1. The monoisotopic (exact) mass is 348 g/mol. The molecule has 2 rings (SSSR count). The summed E-state index contributed by atoms with van der Waals surface area (Å²) in [5, 5.41) is 10.1. The van der Waals surface area contributed by atoms with Crippen LogP contribution in [0.4, 0.5) is 13.2 Å². The van der Waals surface area contributed by atoms with Gasteiger partial charge >= 0.3 is 6.18 Å². The number of amides is 1. The normalized spacial score (nSPS) is 18.0. The summed E-state index contributed by atoms with van der Waals surface area (Å²) in [5.74, 6) is -0.194. The van der Waals surface area contributed by atoms with Gasteiger partial charge < -0.3 is 10.0 Å². The average Bonchev–Trinajstić information content (AvgIpc) is 2.54. The van der Waals surface area contributed by atoms with Gasteiger partial charge in [-0.1, -0.05) is 6.92 Å². The number of alkyl halides is 3. The molecule has 0 radical (unpaired) electrons. The lowest BCUT2D eigenvalue weighted by atomic mass is 9.90. The summed E-state index contributed by atoms with van der Waals surface area (Å²) >= 11 is 1.57. The van der Waals surface area contributed by atoms with E-state index in [1.54, 1.807) is 23.9 Å². The molecule has 0 aromatic carbocycles. The smallest absolute Gasteiger partial charge is 0.383 e. The number of carbonyl (C=O) groups is 1. The van der Waals surface area contributed by atoms with Crippen LogP contribution in [0.3, 0.4) is 0 Å². The lowest BCUT2D eigenvalue weighted by Gasteiger charge is -2.34. The summed E-state index contributed by atoms with van der Waals surface area (Å²) < 4.78 is 37.5. The summed E-state index contributed by atoms with van der Waals surface area (Å²) in [6, 6.07) is 3.45. The number of aliphatic hydroxyl groups excluding tert-OH is 1. The van der Waals surface area contributed by atoms with Crippen molar-refractivity contribution >= 4 is 17.7 Å². The fourth-order valence-electron chi connectivity index (χ4n) is 2.61. The van der Waals surface area contributed by atoms with Gasteiger partial charge in [0.1, 0.15) is 0 Å². The highest BCUT2D eigenvalue weighted by molar-refractivity contribution is 7.99. The third kappa shape index (κ3) is 4.60. The van der Waals surface area contributed by atoms with E-state index in [1.165, 1.54) is 11.1 Å². The van der Waals surface area contributed by atoms with E-state index in [0.717, 1.165) is 10.8 Å². The molecule has 1 unspecified atom stereocenters. The molecule has 23 heavy (non-hydrogen) atoms. The van der Waals surface area contributed by atoms with Crippen LogP contribution in [0.15, 0.2) is 23.4 Å².